The van der Waals surface area contributed by atoms with Crippen molar-refractivity contribution in [3.05, 3.63) is 78.1 Å². The first-order chi connectivity index (χ1) is 16.5. The van der Waals surface area contributed by atoms with Crippen LogP contribution in [0.5, 0.6) is 17.2 Å². The van der Waals surface area contributed by atoms with E-state index in [0.717, 1.165) is 5.56 Å². The molecule has 2 N–H and O–H groups in total. The molecule has 0 aliphatic rings. The summed E-state index contributed by atoms with van der Waals surface area (Å²) in [6.07, 6.45) is 0. The van der Waals surface area contributed by atoms with Gasteiger partial charge in [-0.25, -0.2) is 0 Å². The summed E-state index contributed by atoms with van der Waals surface area (Å²) in [5, 5.41) is 6.14. The van der Waals surface area contributed by atoms with Crippen molar-refractivity contribution in [1.82, 2.24) is 0 Å². The minimum atomic E-state index is -0.546. The number of hydrogen-bond donors (Lipinski definition) is 2. The number of ether oxygens (including phenoxy) is 3. The normalized spacial score (nSPS) is 10.6. The van der Waals surface area contributed by atoms with E-state index in [1.54, 1.807) is 55.6 Å². The lowest BCUT2D eigenvalue weighted by Crippen LogP contribution is -2.22. The van der Waals surface area contributed by atoms with Crippen LogP contribution < -0.4 is 24.8 Å². The number of methoxy groups -OCH3 is 2. The van der Waals surface area contributed by atoms with Crippen molar-refractivity contribution in [2.75, 3.05) is 31.5 Å². The number of aryl methyl sites for hydroxylation is 1. The minimum Gasteiger partial charge on any atom is -0.497 e. The molecular weight excluding hydrogens is 436 g/mol. The first-order valence-electron chi connectivity index (χ1n) is 10.5. The molecule has 8 nitrogen and oxygen atoms in total. The van der Waals surface area contributed by atoms with Gasteiger partial charge < -0.3 is 29.3 Å². The average Bonchev–Trinajstić information content (AvgIpc) is 3.22. The Morgan fingerprint density at radius 3 is 2.41 bits per heavy atom. The molecule has 0 unspecified atom stereocenters. The number of para-hydroxylation sites is 2. The summed E-state index contributed by atoms with van der Waals surface area (Å²) in [5.41, 5.74) is 2.06. The number of amides is 2. The van der Waals surface area contributed by atoms with Crippen LogP contribution in [0, 0.1) is 6.92 Å². The highest BCUT2D eigenvalue weighted by molar-refractivity contribution is 6.15. The summed E-state index contributed by atoms with van der Waals surface area (Å²) in [7, 11) is 3.03. The van der Waals surface area contributed by atoms with Gasteiger partial charge in [0.25, 0.3) is 11.8 Å². The minimum absolute atomic E-state index is 0.0386. The highest BCUT2D eigenvalue weighted by Gasteiger charge is 2.23. The van der Waals surface area contributed by atoms with Crippen molar-refractivity contribution < 1.29 is 28.2 Å². The van der Waals surface area contributed by atoms with Crippen molar-refractivity contribution in [3.8, 4) is 17.2 Å². The van der Waals surface area contributed by atoms with Gasteiger partial charge in [-0.2, -0.15) is 0 Å². The SMILES string of the molecule is COc1ccc(NC(=O)c2oc3ccccc3c2NC(=O)COc2ccccc2C)c(OC)c1. The summed E-state index contributed by atoms with van der Waals surface area (Å²) in [6, 6.07) is 19.5. The number of nitrogens with one attached hydrogen (secondary N) is 2. The van der Waals surface area contributed by atoms with E-state index in [1.807, 2.05) is 25.1 Å². The fourth-order valence-electron chi connectivity index (χ4n) is 3.45. The van der Waals surface area contributed by atoms with Crippen molar-refractivity contribution in [2.45, 2.75) is 6.92 Å². The Kier molecular flexibility index (Phi) is 6.68. The molecule has 0 saturated carbocycles. The number of carbonyl (C=O) groups excluding carboxylic acids is 2. The molecule has 0 aliphatic heterocycles. The third-order valence-corrected chi connectivity index (χ3v) is 5.18. The van der Waals surface area contributed by atoms with Gasteiger partial charge in [-0.3, -0.25) is 9.59 Å². The maximum absolute atomic E-state index is 13.2. The first kappa shape index (κ1) is 22.7. The number of furan rings is 1. The second-order valence-electron chi connectivity index (χ2n) is 7.43. The summed E-state index contributed by atoms with van der Waals surface area (Å²) in [5.74, 6) is 0.601. The molecule has 0 spiro atoms. The van der Waals surface area contributed by atoms with Gasteiger partial charge in [0.2, 0.25) is 5.76 Å². The fraction of sp³-hybridized carbons (Fsp3) is 0.154. The molecule has 8 heteroatoms. The largest absolute Gasteiger partial charge is 0.497 e. The van der Waals surface area contributed by atoms with Gasteiger partial charge in [0, 0.05) is 11.5 Å². The van der Waals surface area contributed by atoms with Crippen LogP contribution in [-0.4, -0.2) is 32.6 Å². The maximum atomic E-state index is 13.2. The van der Waals surface area contributed by atoms with Crippen LogP contribution in [0.25, 0.3) is 11.0 Å². The number of fused-ring (bicyclic) bond motifs is 1. The maximum Gasteiger partial charge on any atom is 0.293 e. The molecule has 2 amide bonds. The summed E-state index contributed by atoms with van der Waals surface area (Å²) in [4.78, 5) is 25.9. The Morgan fingerprint density at radius 1 is 0.882 bits per heavy atom. The van der Waals surface area contributed by atoms with Gasteiger partial charge in [0.05, 0.1) is 19.9 Å². The lowest BCUT2D eigenvalue weighted by Gasteiger charge is -2.12. The first-order valence-corrected chi connectivity index (χ1v) is 10.5. The van der Waals surface area contributed by atoms with Crippen molar-refractivity contribution in [2.24, 2.45) is 0 Å². The van der Waals surface area contributed by atoms with E-state index in [9.17, 15) is 9.59 Å². The molecule has 4 aromatic rings. The van der Waals surface area contributed by atoms with E-state index < -0.39 is 11.8 Å². The van der Waals surface area contributed by atoms with E-state index in [4.69, 9.17) is 18.6 Å². The molecule has 0 bridgehead atoms. The van der Waals surface area contributed by atoms with Gasteiger partial charge in [0.1, 0.15) is 28.5 Å². The summed E-state index contributed by atoms with van der Waals surface area (Å²) in [6.45, 7) is 1.67. The number of benzene rings is 3. The van der Waals surface area contributed by atoms with E-state index in [-0.39, 0.29) is 18.1 Å². The Morgan fingerprint density at radius 2 is 1.65 bits per heavy atom. The van der Waals surface area contributed by atoms with Gasteiger partial charge in [-0.15, -0.1) is 0 Å². The van der Waals surface area contributed by atoms with E-state index in [0.29, 0.717) is 33.9 Å². The lowest BCUT2D eigenvalue weighted by atomic mass is 10.2. The highest BCUT2D eigenvalue weighted by atomic mass is 16.5. The molecule has 1 heterocycles. The third kappa shape index (κ3) is 4.80. The zero-order valence-corrected chi connectivity index (χ0v) is 19.0. The Labute approximate surface area is 196 Å². The molecule has 4 rings (SSSR count). The van der Waals surface area contributed by atoms with Gasteiger partial charge in [-0.05, 0) is 42.8 Å². The third-order valence-electron chi connectivity index (χ3n) is 5.18. The smallest absolute Gasteiger partial charge is 0.293 e. The Bertz CT molecular complexity index is 1340. The van der Waals surface area contributed by atoms with E-state index in [1.165, 1.54) is 7.11 Å². The van der Waals surface area contributed by atoms with Crippen LogP contribution in [0.3, 0.4) is 0 Å². The molecule has 0 saturated heterocycles. The molecule has 34 heavy (non-hydrogen) atoms. The quantitative estimate of drug-likeness (QED) is 0.383. The Balaban J connectivity index is 1.58. The van der Waals surface area contributed by atoms with Crippen molar-refractivity contribution >= 4 is 34.2 Å². The average molecular weight is 460 g/mol. The predicted octanol–water partition coefficient (Wildman–Crippen LogP) is 5.03. The highest BCUT2D eigenvalue weighted by Crippen LogP contribution is 2.34. The van der Waals surface area contributed by atoms with Crippen LogP contribution in [0.15, 0.2) is 71.1 Å². The van der Waals surface area contributed by atoms with Crippen LogP contribution >= 0.6 is 0 Å². The van der Waals surface area contributed by atoms with Crippen LogP contribution in [0.1, 0.15) is 16.1 Å². The standard InChI is InChI=1S/C26H24N2O6/c1-16-8-4-6-10-20(16)33-15-23(29)28-24-18-9-5-7-11-21(18)34-25(24)26(30)27-19-13-12-17(31-2)14-22(19)32-3/h4-14H,15H2,1-3H3,(H,27,30)(H,28,29). The molecule has 0 fully saturated rings. The van der Waals surface area contributed by atoms with Gasteiger partial charge in [0.15, 0.2) is 6.61 Å². The zero-order chi connectivity index (χ0) is 24.1. The van der Waals surface area contributed by atoms with E-state index in [2.05, 4.69) is 10.6 Å². The molecule has 0 atom stereocenters. The molecule has 0 aliphatic carbocycles. The predicted molar refractivity (Wildman–Crippen MR) is 129 cm³/mol. The number of hydrogen-bond acceptors (Lipinski definition) is 6. The second-order valence-corrected chi connectivity index (χ2v) is 7.43. The molecule has 0 radical (unpaired) electrons. The fourth-order valence-corrected chi connectivity index (χ4v) is 3.45. The van der Waals surface area contributed by atoms with E-state index >= 15 is 0 Å². The van der Waals surface area contributed by atoms with Crippen LogP contribution in [0.2, 0.25) is 0 Å². The van der Waals surface area contributed by atoms with Gasteiger partial charge >= 0.3 is 0 Å². The van der Waals surface area contributed by atoms with Crippen molar-refractivity contribution in [3.63, 3.8) is 0 Å². The molecule has 1 aromatic heterocycles. The number of rotatable bonds is 8. The van der Waals surface area contributed by atoms with Crippen LogP contribution in [-0.2, 0) is 4.79 Å². The van der Waals surface area contributed by atoms with Crippen LogP contribution in [0.4, 0.5) is 11.4 Å². The number of carbonyl (C=O) groups is 2. The molecule has 174 valence electrons. The molecule has 3 aromatic carbocycles. The zero-order valence-electron chi connectivity index (χ0n) is 19.0. The lowest BCUT2D eigenvalue weighted by molar-refractivity contribution is -0.118. The second kappa shape index (κ2) is 9.99. The van der Waals surface area contributed by atoms with Crippen molar-refractivity contribution in [1.29, 1.82) is 0 Å². The monoisotopic (exact) mass is 460 g/mol. The Hall–Kier alpha value is -4.46. The van der Waals surface area contributed by atoms with Gasteiger partial charge in [-0.1, -0.05) is 30.3 Å². The summed E-state index contributed by atoms with van der Waals surface area (Å²) < 4.78 is 22.0. The summed E-state index contributed by atoms with van der Waals surface area (Å²) >= 11 is 0. The topological polar surface area (TPSA) is 99.0 Å². The number of anilines is 2. The molecular formula is C26H24N2O6.